The fourth-order valence-corrected chi connectivity index (χ4v) is 3.19. The molecule has 0 spiro atoms. The molecule has 0 saturated carbocycles. The van der Waals surface area contributed by atoms with Gasteiger partial charge in [-0.15, -0.1) is 10.2 Å². The molecule has 1 heterocycles. The average Bonchev–Trinajstić information content (AvgIpc) is 3.14. The van der Waals surface area contributed by atoms with Gasteiger partial charge in [-0.1, -0.05) is 44.9 Å². The van der Waals surface area contributed by atoms with E-state index >= 15 is 0 Å². The number of benzene rings is 1. The van der Waals surface area contributed by atoms with Crippen LogP contribution < -0.4 is 16.0 Å². The van der Waals surface area contributed by atoms with Crippen molar-refractivity contribution in [2.45, 2.75) is 46.1 Å². The van der Waals surface area contributed by atoms with Crippen molar-refractivity contribution in [1.29, 1.82) is 0 Å². The Morgan fingerprint density at radius 3 is 2.54 bits per heavy atom. The molecule has 28 heavy (non-hydrogen) atoms. The molecule has 3 amide bonds. The maximum absolute atomic E-state index is 13.1. The number of aromatic nitrogens is 2. The zero-order valence-corrected chi connectivity index (χ0v) is 17.1. The molecule has 7 nitrogen and oxygen atoms in total. The molecule has 0 aliphatic carbocycles. The Labute approximate surface area is 168 Å². The third-order valence-corrected chi connectivity index (χ3v) is 5.23. The monoisotopic (exact) mass is 407 g/mol. The number of amides is 3. The second-order valence-corrected chi connectivity index (χ2v) is 7.50. The quantitative estimate of drug-likeness (QED) is 0.551. The molecule has 0 radical (unpaired) electrons. The lowest BCUT2D eigenvalue weighted by Gasteiger charge is -2.23. The first kappa shape index (κ1) is 21.7. The topological polar surface area (TPSA) is 96.0 Å². The normalized spacial score (nSPS) is 12.9. The Bertz CT molecular complexity index is 781. The van der Waals surface area contributed by atoms with Crippen molar-refractivity contribution in [2.75, 3.05) is 11.9 Å². The van der Waals surface area contributed by atoms with Gasteiger partial charge in [0.15, 0.2) is 0 Å². The molecular weight excluding hydrogens is 381 g/mol. The minimum atomic E-state index is -0.690. The number of anilines is 1. The van der Waals surface area contributed by atoms with Crippen molar-refractivity contribution in [3.63, 3.8) is 0 Å². The molecule has 2 aromatic rings. The van der Waals surface area contributed by atoms with E-state index in [1.54, 1.807) is 12.1 Å². The number of carbonyl (C=O) groups is 2. The number of rotatable bonds is 9. The van der Waals surface area contributed by atoms with Gasteiger partial charge in [0.2, 0.25) is 11.0 Å². The maximum Gasteiger partial charge on any atom is 0.315 e. The van der Waals surface area contributed by atoms with E-state index < -0.39 is 6.04 Å². The van der Waals surface area contributed by atoms with E-state index in [9.17, 15) is 14.0 Å². The van der Waals surface area contributed by atoms with Crippen molar-refractivity contribution in [1.82, 2.24) is 20.8 Å². The largest absolute Gasteiger partial charge is 0.338 e. The summed E-state index contributed by atoms with van der Waals surface area (Å²) in [5.41, 5.74) is 0.714. The van der Waals surface area contributed by atoms with Crippen LogP contribution in [0.5, 0.6) is 0 Å². The van der Waals surface area contributed by atoms with Gasteiger partial charge in [-0.2, -0.15) is 0 Å². The van der Waals surface area contributed by atoms with Crippen LogP contribution >= 0.6 is 11.3 Å². The Balaban J connectivity index is 2.02. The molecule has 0 unspecified atom stereocenters. The van der Waals surface area contributed by atoms with E-state index in [-0.39, 0.29) is 23.7 Å². The highest BCUT2D eigenvalue weighted by molar-refractivity contribution is 7.18. The van der Waals surface area contributed by atoms with Crippen molar-refractivity contribution in [3.8, 4) is 10.6 Å². The van der Waals surface area contributed by atoms with Gasteiger partial charge in [-0.25, -0.2) is 9.18 Å². The predicted molar refractivity (Wildman–Crippen MR) is 109 cm³/mol. The van der Waals surface area contributed by atoms with Gasteiger partial charge in [0.05, 0.1) is 0 Å². The zero-order valence-electron chi connectivity index (χ0n) is 16.3. The van der Waals surface area contributed by atoms with Crippen LogP contribution in [0.25, 0.3) is 10.6 Å². The summed E-state index contributed by atoms with van der Waals surface area (Å²) in [6.07, 6.45) is 2.58. The summed E-state index contributed by atoms with van der Waals surface area (Å²) in [6, 6.07) is 4.84. The van der Waals surface area contributed by atoms with E-state index in [1.807, 2.05) is 20.8 Å². The van der Waals surface area contributed by atoms with Crippen LogP contribution in [0.15, 0.2) is 24.3 Å². The molecule has 0 aliphatic heterocycles. The number of carbonyl (C=O) groups excluding carboxylic acids is 2. The number of nitrogens with zero attached hydrogens (tertiary/aromatic N) is 2. The lowest BCUT2D eigenvalue weighted by Crippen LogP contribution is -2.51. The Hall–Kier alpha value is -2.55. The highest BCUT2D eigenvalue weighted by Gasteiger charge is 2.26. The predicted octanol–water partition coefficient (Wildman–Crippen LogP) is 3.80. The molecule has 0 aliphatic rings. The van der Waals surface area contributed by atoms with Gasteiger partial charge in [-0.05, 0) is 36.6 Å². The summed E-state index contributed by atoms with van der Waals surface area (Å²) in [6.45, 7) is 6.46. The van der Waals surface area contributed by atoms with Crippen molar-refractivity contribution < 1.29 is 14.0 Å². The highest BCUT2D eigenvalue weighted by atomic mass is 32.1. The van der Waals surface area contributed by atoms with Crippen LogP contribution in [0.2, 0.25) is 0 Å². The van der Waals surface area contributed by atoms with Gasteiger partial charge in [-0.3, -0.25) is 10.1 Å². The van der Waals surface area contributed by atoms with E-state index in [4.69, 9.17) is 0 Å². The van der Waals surface area contributed by atoms with Gasteiger partial charge < -0.3 is 10.6 Å². The fraction of sp³-hybridized carbons (Fsp3) is 0.474. The number of halogens is 1. The van der Waals surface area contributed by atoms with Crippen LogP contribution in [-0.4, -0.2) is 34.7 Å². The Kier molecular flexibility index (Phi) is 8.31. The molecule has 3 N–H and O–H groups in total. The number of hydrogen-bond donors (Lipinski definition) is 3. The minimum absolute atomic E-state index is 0.0542. The maximum atomic E-state index is 13.1. The van der Waals surface area contributed by atoms with Crippen LogP contribution in [-0.2, 0) is 4.79 Å². The zero-order chi connectivity index (χ0) is 20.5. The molecule has 0 saturated heterocycles. The molecule has 2 rings (SSSR count). The van der Waals surface area contributed by atoms with E-state index in [1.165, 1.54) is 23.5 Å². The van der Waals surface area contributed by atoms with Crippen LogP contribution in [0.4, 0.5) is 14.3 Å². The first-order chi connectivity index (χ1) is 13.4. The minimum Gasteiger partial charge on any atom is -0.338 e. The van der Waals surface area contributed by atoms with Crippen LogP contribution in [0, 0.1) is 11.7 Å². The molecule has 152 valence electrons. The first-order valence-electron chi connectivity index (χ1n) is 9.39. The number of urea groups is 1. The summed E-state index contributed by atoms with van der Waals surface area (Å²) < 4.78 is 13.1. The highest BCUT2D eigenvalue weighted by Crippen LogP contribution is 2.26. The van der Waals surface area contributed by atoms with Gasteiger partial charge in [0.25, 0.3) is 0 Å². The summed E-state index contributed by atoms with van der Waals surface area (Å²) in [7, 11) is 0. The second-order valence-electron chi connectivity index (χ2n) is 6.53. The van der Waals surface area contributed by atoms with Gasteiger partial charge in [0.1, 0.15) is 16.9 Å². The van der Waals surface area contributed by atoms with Gasteiger partial charge >= 0.3 is 6.03 Å². The Morgan fingerprint density at radius 1 is 1.18 bits per heavy atom. The molecule has 2 atom stereocenters. The van der Waals surface area contributed by atoms with E-state index in [0.29, 0.717) is 22.2 Å². The fourth-order valence-electron chi connectivity index (χ4n) is 2.44. The molecular formula is C19H26FN5O2S. The number of unbranched alkanes of at least 4 members (excludes halogenated alkanes) is 1. The Morgan fingerprint density at radius 2 is 1.89 bits per heavy atom. The van der Waals surface area contributed by atoms with E-state index in [0.717, 1.165) is 19.3 Å². The molecule has 0 fully saturated rings. The van der Waals surface area contributed by atoms with Crippen molar-refractivity contribution in [2.24, 2.45) is 5.92 Å². The van der Waals surface area contributed by atoms with Gasteiger partial charge in [0, 0.05) is 12.1 Å². The summed E-state index contributed by atoms with van der Waals surface area (Å²) in [5.74, 6) is -0.732. The van der Waals surface area contributed by atoms with Crippen LogP contribution in [0.3, 0.4) is 0 Å². The SMILES string of the molecule is CCCCNC(=O)N[C@H](C(=O)Nc1nnc(-c2ccc(F)cc2)s1)[C@@H](C)CC. The molecule has 1 aromatic heterocycles. The standard InChI is InChI=1S/C19H26FN5O2S/c1-4-6-11-21-18(27)22-15(12(3)5-2)16(26)23-19-25-24-17(28-19)13-7-9-14(20)10-8-13/h7-10,12,15H,4-6,11H2,1-3H3,(H2,21,22,27)(H,23,25,26)/t12-,15-/m0/s1. The molecule has 9 heteroatoms. The molecule has 0 bridgehead atoms. The smallest absolute Gasteiger partial charge is 0.315 e. The third kappa shape index (κ3) is 6.26. The van der Waals surface area contributed by atoms with E-state index in [2.05, 4.69) is 26.1 Å². The summed E-state index contributed by atoms with van der Waals surface area (Å²) in [4.78, 5) is 24.8. The summed E-state index contributed by atoms with van der Waals surface area (Å²) in [5, 5.41) is 17.1. The average molecular weight is 408 g/mol. The second kappa shape index (κ2) is 10.7. The first-order valence-corrected chi connectivity index (χ1v) is 10.2. The number of hydrogen-bond acceptors (Lipinski definition) is 5. The molecule has 1 aromatic carbocycles. The van der Waals surface area contributed by atoms with Crippen LogP contribution in [0.1, 0.15) is 40.0 Å². The lowest BCUT2D eigenvalue weighted by molar-refractivity contribution is -0.119. The summed E-state index contributed by atoms with van der Waals surface area (Å²) >= 11 is 1.19. The lowest BCUT2D eigenvalue weighted by atomic mass is 9.98. The third-order valence-electron chi connectivity index (χ3n) is 4.34. The van der Waals surface area contributed by atoms with Crippen molar-refractivity contribution >= 4 is 28.4 Å². The van der Waals surface area contributed by atoms with Crippen molar-refractivity contribution in [3.05, 3.63) is 30.1 Å². The number of nitrogens with one attached hydrogen (secondary N) is 3.